The Kier molecular flexibility index (Phi) is 3.80. The second-order valence-electron chi connectivity index (χ2n) is 5.50. The van der Waals surface area contributed by atoms with Crippen LogP contribution in [0.2, 0.25) is 0 Å². The number of ether oxygens (including phenoxy) is 1. The molecule has 0 aliphatic carbocycles. The maximum absolute atomic E-state index is 5.68. The molecule has 4 rings (SSSR count). The molecule has 1 fully saturated rings. The average molecular weight is 323 g/mol. The highest BCUT2D eigenvalue weighted by Gasteiger charge is 2.17. The lowest BCUT2D eigenvalue weighted by molar-refractivity contribution is 0.122. The molecule has 4 heterocycles. The molecule has 8 nitrogen and oxygen atoms in total. The predicted molar refractivity (Wildman–Crippen MR) is 90.3 cm³/mol. The number of rotatable bonds is 3. The van der Waals surface area contributed by atoms with Crippen LogP contribution in [0.4, 0.5) is 11.8 Å². The third-order valence-corrected chi connectivity index (χ3v) is 3.88. The van der Waals surface area contributed by atoms with Gasteiger partial charge < -0.3 is 15.4 Å². The predicted octanol–water partition coefficient (Wildman–Crippen LogP) is 1.35. The molecule has 1 aliphatic rings. The van der Waals surface area contributed by atoms with Crippen molar-refractivity contribution in [1.29, 1.82) is 0 Å². The van der Waals surface area contributed by atoms with Crippen molar-refractivity contribution in [1.82, 2.24) is 25.1 Å². The number of anilines is 2. The van der Waals surface area contributed by atoms with Crippen LogP contribution in [0.5, 0.6) is 0 Å². The quantitative estimate of drug-likeness (QED) is 0.749. The first-order valence-electron chi connectivity index (χ1n) is 7.72. The number of hydrogen-bond donors (Lipinski definition) is 2. The summed E-state index contributed by atoms with van der Waals surface area (Å²) in [6.45, 7) is 2.90. The van der Waals surface area contributed by atoms with Gasteiger partial charge >= 0.3 is 0 Å². The topological polar surface area (TPSA) is 106 Å². The molecule has 1 aliphatic heterocycles. The zero-order valence-corrected chi connectivity index (χ0v) is 13.0. The van der Waals surface area contributed by atoms with Crippen LogP contribution in [0.3, 0.4) is 0 Å². The van der Waals surface area contributed by atoms with E-state index in [-0.39, 0.29) is 0 Å². The van der Waals surface area contributed by atoms with Gasteiger partial charge in [-0.1, -0.05) is 0 Å². The fourth-order valence-corrected chi connectivity index (χ4v) is 2.58. The van der Waals surface area contributed by atoms with Crippen LogP contribution in [0, 0.1) is 0 Å². The molecule has 3 aromatic rings. The van der Waals surface area contributed by atoms with Gasteiger partial charge in [0.25, 0.3) is 0 Å². The molecule has 0 spiro atoms. The molecule has 0 radical (unpaired) electrons. The number of morpholine rings is 1. The van der Waals surface area contributed by atoms with Crippen molar-refractivity contribution in [2.24, 2.45) is 0 Å². The maximum Gasteiger partial charge on any atom is 0.226 e. The summed E-state index contributed by atoms with van der Waals surface area (Å²) < 4.78 is 5.42. The monoisotopic (exact) mass is 323 g/mol. The van der Waals surface area contributed by atoms with Crippen molar-refractivity contribution >= 4 is 11.8 Å². The molecule has 3 aromatic heterocycles. The van der Waals surface area contributed by atoms with E-state index in [0.29, 0.717) is 25.0 Å². The van der Waals surface area contributed by atoms with E-state index in [0.717, 1.165) is 35.6 Å². The Morgan fingerprint density at radius 3 is 2.50 bits per heavy atom. The first-order chi connectivity index (χ1) is 11.8. The second-order valence-corrected chi connectivity index (χ2v) is 5.50. The smallest absolute Gasteiger partial charge is 0.226 e. The molecule has 8 heteroatoms. The molecule has 0 bridgehead atoms. The zero-order chi connectivity index (χ0) is 16.4. The lowest BCUT2D eigenvalue weighted by Crippen LogP contribution is -2.37. The Labute approximate surface area is 138 Å². The summed E-state index contributed by atoms with van der Waals surface area (Å²) >= 11 is 0. The Balaban J connectivity index is 1.80. The highest BCUT2D eigenvalue weighted by atomic mass is 16.5. The number of nitrogens with one attached hydrogen (secondary N) is 1. The van der Waals surface area contributed by atoms with Crippen LogP contribution < -0.4 is 10.6 Å². The number of aromatic nitrogens is 5. The fourth-order valence-electron chi connectivity index (χ4n) is 2.58. The van der Waals surface area contributed by atoms with Crippen LogP contribution >= 0.6 is 0 Å². The Hall–Kier alpha value is -3.00. The summed E-state index contributed by atoms with van der Waals surface area (Å²) in [6.07, 6.45) is 5.28. The van der Waals surface area contributed by atoms with Crippen molar-refractivity contribution in [3.63, 3.8) is 0 Å². The highest BCUT2D eigenvalue weighted by Crippen LogP contribution is 2.26. The molecule has 0 amide bonds. The minimum Gasteiger partial charge on any atom is -0.384 e. The molecule has 122 valence electrons. The number of nitrogen functional groups attached to an aromatic ring is 1. The first kappa shape index (κ1) is 14.6. The van der Waals surface area contributed by atoms with Crippen LogP contribution in [0.25, 0.3) is 22.5 Å². The van der Waals surface area contributed by atoms with Crippen LogP contribution in [0.1, 0.15) is 0 Å². The number of nitrogens with two attached hydrogens (primary N) is 1. The lowest BCUT2D eigenvalue weighted by Gasteiger charge is -2.27. The summed E-state index contributed by atoms with van der Waals surface area (Å²) in [5.41, 5.74) is 9.10. The van der Waals surface area contributed by atoms with E-state index in [1.807, 2.05) is 18.3 Å². The fraction of sp³-hybridized carbons (Fsp3) is 0.250. The van der Waals surface area contributed by atoms with Crippen molar-refractivity contribution in [3.8, 4) is 22.5 Å². The molecule has 1 saturated heterocycles. The first-order valence-corrected chi connectivity index (χ1v) is 7.72. The van der Waals surface area contributed by atoms with Crippen molar-refractivity contribution in [2.75, 3.05) is 36.9 Å². The van der Waals surface area contributed by atoms with Gasteiger partial charge in [-0.15, -0.1) is 0 Å². The van der Waals surface area contributed by atoms with Gasteiger partial charge in [-0.25, -0.2) is 15.0 Å². The summed E-state index contributed by atoms with van der Waals surface area (Å²) in [4.78, 5) is 15.7. The van der Waals surface area contributed by atoms with E-state index in [1.165, 1.54) is 0 Å². The van der Waals surface area contributed by atoms with E-state index in [4.69, 9.17) is 20.4 Å². The van der Waals surface area contributed by atoms with Gasteiger partial charge in [0.1, 0.15) is 5.82 Å². The van der Waals surface area contributed by atoms with Crippen LogP contribution in [-0.2, 0) is 4.74 Å². The summed E-state index contributed by atoms with van der Waals surface area (Å²) in [7, 11) is 0. The molecular weight excluding hydrogens is 306 g/mol. The highest BCUT2D eigenvalue weighted by molar-refractivity contribution is 5.69. The van der Waals surface area contributed by atoms with Gasteiger partial charge in [-0.3, -0.25) is 5.10 Å². The summed E-state index contributed by atoms with van der Waals surface area (Å²) in [6, 6.07) is 5.61. The number of hydrogen-bond acceptors (Lipinski definition) is 7. The molecule has 0 atom stereocenters. The molecule has 3 N–H and O–H groups in total. The number of H-pyrrole nitrogens is 1. The van der Waals surface area contributed by atoms with Crippen molar-refractivity contribution in [3.05, 3.63) is 36.8 Å². The number of aromatic amines is 1. The SMILES string of the molecule is Nc1ccc(-c2cc(-c3cn[nH]c3)nc(N3CCOCC3)n2)cn1. The Morgan fingerprint density at radius 2 is 1.83 bits per heavy atom. The minimum atomic E-state index is 0.483. The van der Waals surface area contributed by atoms with E-state index in [2.05, 4.69) is 20.1 Å². The molecular formula is C16H17N7O. The van der Waals surface area contributed by atoms with E-state index < -0.39 is 0 Å². The van der Waals surface area contributed by atoms with Crippen molar-refractivity contribution < 1.29 is 4.74 Å². The average Bonchev–Trinajstić information content (AvgIpc) is 3.17. The van der Waals surface area contributed by atoms with Gasteiger partial charge in [-0.05, 0) is 18.2 Å². The van der Waals surface area contributed by atoms with E-state index in [9.17, 15) is 0 Å². The molecule has 24 heavy (non-hydrogen) atoms. The van der Waals surface area contributed by atoms with Crippen LogP contribution in [-0.4, -0.2) is 51.5 Å². The standard InChI is InChI=1S/C16H17N7O/c17-15-2-1-11(8-18-15)13-7-14(12-9-19-20-10-12)22-16(21-13)23-3-5-24-6-4-23/h1-2,7-10H,3-6H2,(H2,17,18)(H,19,20). The van der Waals surface area contributed by atoms with E-state index >= 15 is 0 Å². The van der Waals surface area contributed by atoms with E-state index in [1.54, 1.807) is 18.5 Å². The summed E-state index contributed by atoms with van der Waals surface area (Å²) in [5, 5.41) is 6.83. The lowest BCUT2D eigenvalue weighted by atomic mass is 10.1. The Morgan fingerprint density at radius 1 is 1.04 bits per heavy atom. The van der Waals surface area contributed by atoms with Gasteiger partial charge in [-0.2, -0.15) is 5.10 Å². The molecule has 0 aromatic carbocycles. The number of nitrogens with zero attached hydrogens (tertiary/aromatic N) is 5. The van der Waals surface area contributed by atoms with Crippen molar-refractivity contribution in [2.45, 2.75) is 0 Å². The largest absolute Gasteiger partial charge is 0.384 e. The van der Waals surface area contributed by atoms with Gasteiger partial charge in [0.15, 0.2) is 0 Å². The maximum atomic E-state index is 5.68. The van der Waals surface area contributed by atoms with Crippen LogP contribution in [0.15, 0.2) is 36.8 Å². The number of pyridine rings is 1. The minimum absolute atomic E-state index is 0.483. The summed E-state index contributed by atoms with van der Waals surface area (Å²) in [5.74, 6) is 1.17. The van der Waals surface area contributed by atoms with Gasteiger partial charge in [0.05, 0.1) is 30.8 Å². The molecule has 0 saturated carbocycles. The normalized spacial score (nSPS) is 14.8. The zero-order valence-electron chi connectivity index (χ0n) is 13.0. The third-order valence-electron chi connectivity index (χ3n) is 3.88. The second kappa shape index (κ2) is 6.25. The van der Waals surface area contributed by atoms with Gasteiger partial charge in [0, 0.05) is 36.6 Å². The third kappa shape index (κ3) is 2.91. The Bertz CT molecular complexity index is 811. The van der Waals surface area contributed by atoms with Gasteiger partial charge in [0.2, 0.25) is 5.95 Å². The molecule has 0 unspecified atom stereocenters.